The van der Waals surface area contributed by atoms with E-state index in [0.717, 1.165) is 0 Å². The molecule has 1 aromatic carbocycles. The molecule has 0 fully saturated rings. The van der Waals surface area contributed by atoms with Crippen LogP contribution in [0.1, 0.15) is 0 Å². The lowest BCUT2D eigenvalue weighted by molar-refractivity contribution is 0.276. The number of hydrogen-bond donors (Lipinski definition) is 1. The molecule has 0 aliphatic heterocycles. The van der Waals surface area contributed by atoms with Crippen LogP contribution in [0.15, 0.2) is 29.4 Å². The summed E-state index contributed by atoms with van der Waals surface area (Å²) in [6, 6.07) is 6.75. The molecule has 0 amide bonds. The third kappa shape index (κ3) is 5.20. The van der Waals surface area contributed by atoms with Gasteiger partial charge in [-0.1, -0.05) is 22.8 Å². The SMILES string of the molecule is COP(=O)(C/C(COc1cccc(Cl)c1)=N/O)OC. The second kappa shape index (κ2) is 7.50. The molecule has 1 rings (SSSR count). The van der Waals surface area contributed by atoms with Crippen molar-refractivity contribution in [1.82, 2.24) is 0 Å². The smallest absolute Gasteiger partial charge is 0.336 e. The standard InChI is InChI=1S/C11H15ClNO5P/c1-16-19(15,17-2)8-10(13-14)7-18-11-5-3-4-9(12)6-11/h3-6,14H,7-8H2,1-2H3/b13-10+. The minimum Gasteiger partial charge on any atom is -0.487 e. The van der Waals surface area contributed by atoms with E-state index in [0.29, 0.717) is 10.8 Å². The van der Waals surface area contributed by atoms with Gasteiger partial charge in [-0.25, -0.2) is 0 Å². The zero-order chi connectivity index (χ0) is 14.3. The summed E-state index contributed by atoms with van der Waals surface area (Å²) in [4.78, 5) is 0. The minimum atomic E-state index is -3.28. The van der Waals surface area contributed by atoms with Crippen LogP contribution >= 0.6 is 19.2 Å². The van der Waals surface area contributed by atoms with Gasteiger partial charge >= 0.3 is 7.60 Å². The van der Waals surface area contributed by atoms with Gasteiger partial charge < -0.3 is 19.0 Å². The van der Waals surface area contributed by atoms with Crippen molar-refractivity contribution in [3.8, 4) is 5.75 Å². The third-order valence-electron chi connectivity index (χ3n) is 2.28. The van der Waals surface area contributed by atoms with E-state index in [2.05, 4.69) is 5.16 Å². The Hall–Kier alpha value is -1.07. The monoisotopic (exact) mass is 307 g/mol. The van der Waals surface area contributed by atoms with Crippen LogP contribution in [0.5, 0.6) is 5.75 Å². The number of ether oxygens (including phenoxy) is 1. The number of hydrogen-bond acceptors (Lipinski definition) is 6. The summed E-state index contributed by atoms with van der Waals surface area (Å²) in [5, 5.41) is 12.4. The van der Waals surface area contributed by atoms with E-state index in [1.54, 1.807) is 24.3 Å². The Kier molecular flexibility index (Phi) is 6.31. The molecule has 1 N–H and O–H groups in total. The second-order valence-corrected chi connectivity index (χ2v) is 6.25. The van der Waals surface area contributed by atoms with E-state index in [1.165, 1.54) is 14.2 Å². The fourth-order valence-corrected chi connectivity index (χ4v) is 2.45. The molecule has 106 valence electrons. The van der Waals surface area contributed by atoms with Crippen molar-refractivity contribution in [3.63, 3.8) is 0 Å². The van der Waals surface area contributed by atoms with Crippen molar-refractivity contribution in [3.05, 3.63) is 29.3 Å². The summed E-state index contributed by atoms with van der Waals surface area (Å²) >= 11 is 5.80. The van der Waals surface area contributed by atoms with E-state index in [1.807, 2.05) is 0 Å². The fraction of sp³-hybridized carbons (Fsp3) is 0.364. The van der Waals surface area contributed by atoms with E-state index in [4.69, 9.17) is 30.6 Å². The van der Waals surface area contributed by atoms with E-state index < -0.39 is 7.60 Å². The molecule has 0 saturated heterocycles. The number of oxime groups is 1. The van der Waals surface area contributed by atoms with Gasteiger partial charge in [0.2, 0.25) is 0 Å². The van der Waals surface area contributed by atoms with E-state index >= 15 is 0 Å². The van der Waals surface area contributed by atoms with Crippen LogP contribution < -0.4 is 4.74 Å². The minimum absolute atomic E-state index is 0.0481. The normalized spacial score (nSPS) is 12.5. The molecule has 0 heterocycles. The first kappa shape index (κ1) is 16.0. The molecule has 6 nitrogen and oxygen atoms in total. The zero-order valence-corrected chi connectivity index (χ0v) is 12.2. The van der Waals surface area contributed by atoms with Crippen molar-refractivity contribution in [2.75, 3.05) is 27.0 Å². The van der Waals surface area contributed by atoms with Crippen molar-refractivity contribution in [1.29, 1.82) is 0 Å². The van der Waals surface area contributed by atoms with Crippen LogP contribution in [0.25, 0.3) is 0 Å². The van der Waals surface area contributed by atoms with Crippen LogP contribution in [-0.4, -0.2) is 37.9 Å². The van der Waals surface area contributed by atoms with Gasteiger partial charge in [-0.3, -0.25) is 4.57 Å². The third-order valence-corrected chi connectivity index (χ3v) is 4.38. The van der Waals surface area contributed by atoms with Gasteiger partial charge in [0.25, 0.3) is 0 Å². The lowest BCUT2D eigenvalue weighted by Crippen LogP contribution is -2.17. The van der Waals surface area contributed by atoms with Crippen molar-refractivity contribution in [2.24, 2.45) is 5.16 Å². The maximum absolute atomic E-state index is 11.9. The van der Waals surface area contributed by atoms with Gasteiger partial charge in [0.1, 0.15) is 18.1 Å². The molecule has 0 unspecified atom stereocenters. The van der Waals surface area contributed by atoms with Gasteiger partial charge in [-0.2, -0.15) is 0 Å². The maximum Gasteiger partial charge on any atom is 0.336 e. The van der Waals surface area contributed by atoms with Crippen molar-refractivity contribution < 1.29 is 23.6 Å². The Bertz CT molecular complexity index is 486. The molecule has 0 aliphatic carbocycles. The molecule has 8 heteroatoms. The van der Waals surface area contributed by atoms with Gasteiger partial charge in [0.15, 0.2) is 0 Å². The fourth-order valence-electron chi connectivity index (χ4n) is 1.26. The highest BCUT2D eigenvalue weighted by Crippen LogP contribution is 2.46. The molecule has 0 radical (unpaired) electrons. The van der Waals surface area contributed by atoms with Gasteiger partial charge in [-0.05, 0) is 18.2 Å². The molecule has 0 aromatic heterocycles. The maximum atomic E-state index is 11.9. The Morgan fingerprint density at radius 3 is 2.63 bits per heavy atom. The lowest BCUT2D eigenvalue weighted by Gasteiger charge is -2.14. The van der Waals surface area contributed by atoms with Gasteiger partial charge in [0.05, 0.1) is 6.16 Å². The van der Waals surface area contributed by atoms with Crippen LogP contribution in [0.4, 0.5) is 0 Å². The Morgan fingerprint density at radius 2 is 2.11 bits per heavy atom. The first-order valence-electron chi connectivity index (χ1n) is 5.31. The van der Waals surface area contributed by atoms with Crippen LogP contribution in [0, 0.1) is 0 Å². The summed E-state index contributed by atoms with van der Waals surface area (Å²) in [6.07, 6.45) is -0.156. The predicted octanol–water partition coefficient (Wildman–Crippen LogP) is 3.03. The molecule has 0 saturated carbocycles. The number of benzene rings is 1. The summed E-state index contributed by atoms with van der Waals surface area (Å²) in [5.41, 5.74) is 0.145. The molecule has 19 heavy (non-hydrogen) atoms. The first-order valence-corrected chi connectivity index (χ1v) is 7.42. The molecular formula is C11H15ClNO5P. The molecule has 0 aliphatic rings. The quantitative estimate of drug-likeness (QED) is 0.362. The Morgan fingerprint density at radius 1 is 1.42 bits per heavy atom. The summed E-state index contributed by atoms with van der Waals surface area (Å²) in [7, 11) is -0.759. The van der Waals surface area contributed by atoms with Gasteiger partial charge in [-0.15, -0.1) is 0 Å². The van der Waals surface area contributed by atoms with Crippen molar-refractivity contribution in [2.45, 2.75) is 0 Å². The largest absolute Gasteiger partial charge is 0.487 e. The molecular weight excluding hydrogens is 293 g/mol. The van der Waals surface area contributed by atoms with Crippen LogP contribution in [0.3, 0.4) is 0 Å². The Labute approximate surface area is 116 Å². The second-order valence-electron chi connectivity index (χ2n) is 3.55. The molecule has 1 aromatic rings. The van der Waals surface area contributed by atoms with E-state index in [-0.39, 0.29) is 18.5 Å². The zero-order valence-electron chi connectivity index (χ0n) is 10.6. The van der Waals surface area contributed by atoms with Crippen molar-refractivity contribution >= 4 is 24.9 Å². The predicted molar refractivity (Wildman–Crippen MR) is 72.7 cm³/mol. The highest BCUT2D eigenvalue weighted by molar-refractivity contribution is 7.54. The lowest BCUT2D eigenvalue weighted by atomic mass is 10.3. The summed E-state index contributed by atoms with van der Waals surface area (Å²) in [6.45, 7) is -0.0481. The average Bonchev–Trinajstić information content (AvgIpc) is 2.43. The number of rotatable bonds is 7. The van der Waals surface area contributed by atoms with E-state index in [9.17, 15) is 4.57 Å². The molecule has 0 atom stereocenters. The topological polar surface area (TPSA) is 77.4 Å². The molecule has 0 spiro atoms. The number of nitrogens with zero attached hydrogens (tertiary/aromatic N) is 1. The summed E-state index contributed by atoms with van der Waals surface area (Å²) in [5.74, 6) is 0.512. The van der Waals surface area contributed by atoms with Crippen LogP contribution in [-0.2, 0) is 13.6 Å². The highest BCUT2D eigenvalue weighted by atomic mass is 35.5. The van der Waals surface area contributed by atoms with Gasteiger partial charge in [0, 0.05) is 19.2 Å². The first-order chi connectivity index (χ1) is 9.03. The Balaban J connectivity index is 2.62. The molecule has 0 bridgehead atoms. The number of halogens is 1. The highest BCUT2D eigenvalue weighted by Gasteiger charge is 2.24. The summed E-state index contributed by atoms with van der Waals surface area (Å²) < 4.78 is 26.8. The average molecular weight is 308 g/mol. The van der Waals surface area contributed by atoms with Crippen LogP contribution in [0.2, 0.25) is 5.02 Å².